The first-order chi connectivity index (χ1) is 10.0. The lowest BCUT2D eigenvalue weighted by molar-refractivity contribution is -0.126. The number of hydrogen-bond acceptors (Lipinski definition) is 5. The number of hydrogen-bond donors (Lipinski definition) is 3. The summed E-state index contributed by atoms with van der Waals surface area (Å²) in [5.41, 5.74) is 7.02. The van der Waals surface area contributed by atoms with E-state index in [9.17, 15) is 4.79 Å². The Bertz CT molecular complexity index is 582. The molecule has 1 atom stereocenters. The summed E-state index contributed by atoms with van der Waals surface area (Å²) in [6, 6.07) is 7.61. The van der Waals surface area contributed by atoms with E-state index in [-0.39, 0.29) is 18.3 Å². The molecule has 4 N–H and O–H groups in total. The van der Waals surface area contributed by atoms with Gasteiger partial charge in [-0.15, -0.1) is 22.6 Å². The van der Waals surface area contributed by atoms with Crippen LogP contribution in [-0.2, 0) is 11.3 Å². The van der Waals surface area contributed by atoms with E-state index in [0.29, 0.717) is 18.8 Å². The molecular weight excluding hydrogens is 304 g/mol. The van der Waals surface area contributed by atoms with E-state index in [4.69, 9.17) is 5.73 Å². The van der Waals surface area contributed by atoms with E-state index in [1.54, 1.807) is 6.92 Å². The summed E-state index contributed by atoms with van der Waals surface area (Å²) in [6.45, 7) is 4.21. The average molecular weight is 325 g/mol. The molecule has 0 aliphatic rings. The number of aromatic nitrogens is 4. The van der Waals surface area contributed by atoms with E-state index < -0.39 is 5.54 Å². The Morgan fingerprint density at radius 2 is 2.05 bits per heavy atom. The topological polar surface area (TPSA) is 110 Å². The molecule has 2 aromatic rings. The third-order valence-corrected chi connectivity index (χ3v) is 3.30. The second-order valence-electron chi connectivity index (χ2n) is 5.28. The Labute approximate surface area is 135 Å². The highest BCUT2D eigenvalue weighted by Gasteiger charge is 2.26. The molecule has 0 saturated heterocycles. The molecule has 0 spiro atoms. The first kappa shape index (κ1) is 18.1. The second-order valence-corrected chi connectivity index (χ2v) is 5.28. The number of carbonyl (C=O) groups is 1. The van der Waals surface area contributed by atoms with Crippen LogP contribution in [0.3, 0.4) is 0 Å². The summed E-state index contributed by atoms with van der Waals surface area (Å²) in [5, 5.41) is 16.6. The molecule has 0 aliphatic carbocycles. The maximum atomic E-state index is 12.0. The Morgan fingerprint density at radius 3 is 2.59 bits per heavy atom. The van der Waals surface area contributed by atoms with E-state index in [2.05, 4.69) is 25.9 Å². The standard InChI is InChI=1S/C14H20N6O.ClH/c1-3-8-14(2,15)13(21)16-9-10-4-6-11(7-5-10)12-17-19-20-18-12;/h4-7H,3,8-9,15H2,1-2H3,(H,16,21)(H,17,18,19,20);1H. The molecule has 0 aliphatic heterocycles. The van der Waals surface area contributed by atoms with Crippen molar-refractivity contribution in [1.29, 1.82) is 0 Å². The minimum Gasteiger partial charge on any atom is -0.350 e. The number of nitrogens with zero attached hydrogens (tertiary/aromatic N) is 3. The maximum Gasteiger partial charge on any atom is 0.240 e. The first-order valence-corrected chi connectivity index (χ1v) is 6.93. The molecule has 0 radical (unpaired) electrons. The summed E-state index contributed by atoms with van der Waals surface area (Å²) in [6.07, 6.45) is 1.54. The number of amides is 1. The fraction of sp³-hybridized carbons (Fsp3) is 0.429. The highest BCUT2D eigenvalue weighted by atomic mass is 35.5. The number of carbonyl (C=O) groups excluding carboxylic acids is 1. The second kappa shape index (κ2) is 7.86. The van der Waals surface area contributed by atoms with Gasteiger partial charge in [-0.2, -0.15) is 5.21 Å². The Kier molecular flexibility index (Phi) is 6.45. The van der Waals surface area contributed by atoms with Crippen LogP contribution in [0.2, 0.25) is 0 Å². The maximum absolute atomic E-state index is 12.0. The Morgan fingerprint density at radius 1 is 1.36 bits per heavy atom. The van der Waals surface area contributed by atoms with Crippen molar-refractivity contribution >= 4 is 18.3 Å². The minimum absolute atomic E-state index is 0. The number of H-pyrrole nitrogens is 1. The normalized spacial score (nSPS) is 13.0. The van der Waals surface area contributed by atoms with Crippen LogP contribution in [0.25, 0.3) is 11.4 Å². The third kappa shape index (κ3) is 4.51. The quantitative estimate of drug-likeness (QED) is 0.744. The van der Waals surface area contributed by atoms with E-state index in [1.807, 2.05) is 31.2 Å². The lowest BCUT2D eigenvalue weighted by Crippen LogP contribution is -2.51. The van der Waals surface area contributed by atoms with Gasteiger partial charge in [-0.05, 0) is 24.1 Å². The number of nitrogens with one attached hydrogen (secondary N) is 2. The average Bonchev–Trinajstić information content (AvgIpc) is 2.99. The van der Waals surface area contributed by atoms with Crippen molar-refractivity contribution in [2.24, 2.45) is 5.73 Å². The third-order valence-electron chi connectivity index (χ3n) is 3.30. The monoisotopic (exact) mass is 324 g/mol. The number of nitrogens with two attached hydrogens (primary N) is 1. The molecular formula is C14H21ClN6O. The number of aromatic amines is 1. The van der Waals surface area contributed by atoms with Crippen molar-refractivity contribution in [2.45, 2.75) is 38.8 Å². The van der Waals surface area contributed by atoms with Gasteiger partial charge in [-0.3, -0.25) is 4.79 Å². The van der Waals surface area contributed by atoms with Crippen LogP contribution in [0, 0.1) is 0 Å². The van der Waals surface area contributed by atoms with Gasteiger partial charge < -0.3 is 11.1 Å². The molecule has 22 heavy (non-hydrogen) atoms. The van der Waals surface area contributed by atoms with E-state index in [0.717, 1.165) is 17.5 Å². The van der Waals surface area contributed by atoms with Crippen molar-refractivity contribution in [3.8, 4) is 11.4 Å². The van der Waals surface area contributed by atoms with Crippen molar-refractivity contribution in [1.82, 2.24) is 25.9 Å². The van der Waals surface area contributed by atoms with E-state index in [1.165, 1.54) is 0 Å². The van der Waals surface area contributed by atoms with Crippen molar-refractivity contribution in [3.05, 3.63) is 29.8 Å². The van der Waals surface area contributed by atoms with Gasteiger partial charge in [0.05, 0.1) is 5.54 Å². The molecule has 1 aromatic carbocycles. The van der Waals surface area contributed by atoms with Gasteiger partial charge in [0.2, 0.25) is 11.7 Å². The predicted octanol–water partition coefficient (Wildman–Crippen LogP) is 1.42. The van der Waals surface area contributed by atoms with Crippen LogP contribution in [-0.4, -0.2) is 32.1 Å². The zero-order valence-corrected chi connectivity index (χ0v) is 13.5. The fourth-order valence-corrected chi connectivity index (χ4v) is 2.07. The van der Waals surface area contributed by atoms with Crippen LogP contribution in [0.1, 0.15) is 32.3 Å². The molecule has 1 aromatic heterocycles. The number of tetrazole rings is 1. The molecule has 7 nitrogen and oxygen atoms in total. The van der Waals surface area contributed by atoms with E-state index >= 15 is 0 Å². The summed E-state index contributed by atoms with van der Waals surface area (Å²) in [4.78, 5) is 12.0. The number of benzene rings is 1. The van der Waals surface area contributed by atoms with Crippen molar-refractivity contribution in [3.63, 3.8) is 0 Å². The SMILES string of the molecule is CCCC(C)(N)C(=O)NCc1ccc(-c2nn[nH]n2)cc1.Cl. The minimum atomic E-state index is -0.820. The number of rotatable bonds is 6. The number of halogens is 1. The van der Waals surface area contributed by atoms with Gasteiger partial charge in [-0.25, -0.2) is 0 Å². The summed E-state index contributed by atoms with van der Waals surface area (Å²) < 4.78 is 0. The molecule has 0 saturated carbocycles. The zero-order chi connectivity index (χ0) is 15.3. The van der Waals surface area contributed by atoms with Gasteiger partial charge in [0, 0.05) is 12.1 Å². The summed E-state index contributed by atoms with van der Waals surface area (Å²) >= 11 is 0. The highest BCUT2D eigenvalue weighted by Crippen LogP contribution is 2.14. The van der Waals surface area contributed by atoms with Crippen LogP contribution in [0.5, 0.6) is 0 Å². The summed E-state index contributed by atoms with van der Waals surface area (Å²) in [7, 11) is 0. The molecule has 1 heterocycles. The largest absolute Gasteiger partial charge is 0.350 e. The fourth-order valence-electron chi connectivity index (χ4n) is 2.07. The summed E-state index contributed by atoms with van der Waals surface area (Å²) in [5.74, 6) is 0.412. The van der Waals surface area contributed by atoms with Crippen LogP contribution in [0.4, 0.5) is 0 Å². The zero-order valence-electron chi connectivity index (χ0n) is 12.7. The molecule has 0 bridgehead atoms. The smallest absolute Gasteiger partial charge is 0.240 e. The van der Waals surface area contributed by atoms with Crippen LogP contribution < -0.4 is 11.1 Å². The van der Waals surface area contributed by atoms with Crippen molar-refractivity contribution in [2.75, 3.05) is 0 Å². The van der Waals surface area contributed by atoms with Crippen LogP contribution >= 0.6 is 12.4 Å². The molecule has 2 rings (SSSR count). The lowest BCUT2D eigenvalue weighted by atomic mass is 9.96. The molecule has 1 unspecified atom stereocenters. The molecule has 0 fully saturated rings. The molecule has 1 amide bonds. The Balaban J connectivity index is 0.00000242. The molecule has 8 heteroatoms. The van der Waals surface area contributed by atoms with Crippen molar-refractivity contribution < 1.29 is 4.79 Å². The Hall–Kier alpha value is -1.99. The van der Waals surface area contributed by atoms with Crippen LogP contribution in [0.15, 0.2) is 24.3 Å². The van der Waals surface area contributed by atoms with Gasteiger partial charge in [0.1, 0.15) is 0 Å². The van der Waals surface area contributed by atoms with Gasteiger partial charge in [-0.1, -0.05) is 37.6 Å². The van der Waals surface area contributed by atoms with Gasteiger partial charge in [0.25, 0.3) is 0 Å². The predicted molar refractivity (Wildman–Crippen MR) is 86.2 cm³/mol. The van der Waals surface area contributed by atoms with Gasteiger partial charge >= 0.3 is 0 Å². The highest BCUT2D eigenvalue weighted by molar-refractivity contribution is 5.85. The lowest BCUT2D eigenvalue weighted by Gasteiger charge is -2.22. The first-order valence-electron chi connectivity index (χ1n) is 6.93. The molecule has 120 valence electrons. The van der Waals surface area contributed by atoms with Gasteiger partial charge in [0.15, 0.2) is 0 Å².